The third kappa shape index (κ3) is 5.22. The lowest BCUT2D eigenvalue weighted by molar-refractivity contribution is -0.120. The standard InChI is InChI=1S/C22H27FN2O3S/c1-15-11-16(2)21(17(3)12-15)24-22(26)19-5-4-10-25(13-19)29(27,28)14-18-6-8-20(23)9-7-18/h6-9,11-12,19H,4-5,10,13-14H2,1-3H3,(H,24,26)/t19-/m0/s1. The Bertz CT molecular complexity index is 980. The fourth-order valence-corrected chi connectivity index (χ4v) is 5.50. The van der Waals surface area contributed by atoms with E-state index < -0.39 is 21.8 Å². The number of carbonyl (C=O) groups is 1. The molecule has 0 radical (unpaired) electrons. The Morgan fingerprint density at radius 2 is 1.76 bits per heavy atom. The molecule has 0 unspecified atom stereocenters. The van der Waals surface area contributed by atoms with E-state index in [9.17, 15) is 17.6 Å². The molecule has 0 saturated carbocycles. The van der Waals surface area contributed by atoms with Crippen LogP contribution in [-0.2, 0) is 20.6 Å². The number of rotatable bonds is 5. The summed E-state index contributed by atoms with van der Waals surface area (Å²) in [6, 6.07) is 9.49. The molecular formula is C22H27FN2O3S. The molecule has 7 heteroatoms. The van der Waals surface area contributed by atoms with Crippen molar-refractivity contribution in [3.05, 3.63) is 64.5 Å². The van der Waals surface area contributed by atoms with Crippen molar-refractivity contribution >= 4 is 21.6 Å². The van der Waals surface area contributed by atoms with Gasteiger partial charge in [0.25, 0.3) is 0 Å². The van der Waals surface area contributed by atoms with Crippen LogP contribution in [0.2, 0.25) is 0 Å². The number of sulfonamides is 1. The normalized spacial score (nSPS) is 17.9. The number of anilines is 1. The summed E-state index contributed by atoms with van der Waals surface area (Å²) in [6.45, 7) is 6.48. The molecule has 1 atom stereocenters. The molecule has 1 N–H and O–H groups in total. The van der Waals surface area contributed by atoms with E-state index in [2.05, 4.69) is 5.32 Å². The van der Waals surface area contributed by atoms with Gasteiger partial charge < -0.3 is 5.32 Å². The van der Waals surface area contributed by atoms with Gasteiger partial charge in [0.05, 0.1) is 11.7 Å². The first kappa shape index (κ1) is 21.5. The molecular weight excluding hydrogens is 391 g/mol. The van der Waals surface area contributed by atoms with Gasteiger partial charge in [0.1, 0.15) is 5.82 Å². The minimum Gasteiger partial charge on any atom is -0.325 e. The summed E-state index contributed by atoms with van der Waals surface area (Å²) in [5.74, 6) is -1.14. The van der Waals surface area contributed by atoms with E-state index in [1.54, 1.807) is 0 Å². The average Bonchev–Trinajstić information content (AvgIpc) is 2.66. The largest absolute Gasteiger partial charge is 0.325 e. The Labute approximate surface area is 172 Å². The van der Waals surface area contributed by atoms with Crippen LogP contribution in [0.3, 0.4) is 0 Å². The Morgan fingerprint density at radius 1 is 1.14 bits per heavy atom. The molecule has 156 valence electrons. The van der Waals surface area contributed by atoms with Crippen molar-refractivity contribution in [3.8, 4) is 0 Å². The second kappa shape index (κ2) is 8.63. The summed E-state index contributed by atoms with van der Waals surface area (Å²) < 4.78 is 40.1. The number of hydrogen-bond acceptors (Lipinski definition) is 3. The number of hydrogen-bond donors (Lipinski definition) is 1. The summed E-state index contributed by atoms with van der Waals surface area (Å²) in [4.78, 5) is 12.9. The van der Waals surface area contributed by atoms with E-state index in [-0.39, 0.29) is 18.2 Å². The van der Waals surface area contributed by atoms with Gasteiger partial charge in [-0.2, -0.15) is 0 Å². The first-order chi connectivity index (χ1) is 13.7. The van der Waals surface area contributed by atoms with Gasteiger partial charge in [-0.25, -0.2) is 17.1 Å². The van der Waals surface area contributed by atoms with Crippen LogP contribution in [0.4, 0.5) is 10.1 Å². The fourth-order valence-electron chi connectivity index (χ4n) is 3.89. The molecule has 0 bridgehead atoms. The van der Waals surface area contributed by atoms with Crippen molar-refractivity contribution in [2.24, 2.45) is 5.92 Å². The Hall–Kier alpha value is -2.25. The Kier molecular flexibility index (Phi) is 6.39. The number of carbonyl (C=O) groups excluding carboxylic acids is 1. The van der Waals surface area contributed by atoms with Gasteiger partial charge in [0, 0.05) is 18.8 Å². The number of benzene rings is 2. The number of halogens is 1. The molecule has 29 heavy (non-hydrogen) atoms. The molecule has 0 spiro atoms. The molecule has 1 amide bonds. The van der Waals surface area contributed by atoms with Gasteiger partial charge in [0.15, 0.2) is 0 Å². The highest BCUT2D eigenvalue weighted by molar-refractivity contribution is 7.88. The van der Waals surface area contributed by atoms with E-state index in [1.165, 1.54) is 28.6 Å². The van der Waals surface area contributed by atoms with Gasteiger partial charge in [-0.1, -0.05) is 29.8 Å². The van der Waals surface area contributed by atoms with Crippen molar-refractivity contribution in [2.75, 3.05) is 18.4 Å². The quantitative estimate of drug-likeness (QED) is 0.800. The SMILES string of the molecule is Cc1cc(C)c(NC(=O)[C@H]2CCCN(S(=O)(=O)Cc3ccc(F)cc3)C2)c(C)c1. The number of nitrogens with zero attached hydrogens (tertiary/aromatic N) is 1. The third-order valence-electron chi connectivity index (χ3n) is 5.34. The lowest BCUT2D eigenvalue weighted by atomic mass is 9.98. The predicted octanol–water partition coefficient (Wildman–Crippen LogP) is 3.93. The van der Waals surface area contributed by atoms with Crippen molar-refractivity contribution < 1.29 is 17.6 Å². The van der Waals surface area contributed by atoms with Crippen LogP contribution in [0.25, 0.3) is 0 Å². The molecule has 1 aliphatic heterocycles. The highest BCUT2D eigenvalue weighted by Crippen LogP contribution is 2.26. The molecule has 2 aromatic rings. The molecule has 1 saturated heterocycles. The highest BCUT2D eigenvalue weighted by atomic mass is 32.2. The third-order valence-corrected chi connectivity index (χ3v) is 7.15. The van der Waals surface area contributed by atoms with E-state index in [0.29, 0.717) is 24.9 Å². The van der Waals surface area contributed by atoms with Crippen molar-refractivity contribution in [1.82, 2.24) is 4.31 Å². The minimum absolute atomic E-state index is 0.151. The molecule has 3 rings (SSSR count). The molecule has 5 nitrogen and oxygen atoms in total. The highest BCUT2D eigenvalue weighted by Gasteiger charge is 2.32. The predicted molar refractivity (Wildman–Crippen MR) is 113 cm³/mol. The summed E-state index contributed by atoms with van der Waals surface area (Å²) >= 11 is 0. The molecule has 1 fully saturated rings. The van der Waals surface area contributed by atoms with Crippen LogP contribution in [0.1, 0.15) is 35.1 Å². The lowest BCUT2D eigenvalue weighted by Crippen LogP contribution is -2.44. The zero-order valence-corrected chi connectivity index (χ0v) is 17.9. The van der Waals surface area contributed by atoms with Crippen LogP contribution in [0.5, 0.6) is 0 Å². The number of amides is 1. The maximum atomic E-state index is 13.1. The van der Waals surface area contributed by atoms with Crippen LogP contribution >= 0.6 is 0 Å². The summed E-state index contributed by atoms with van der Waals surface area (Å²) in [5, 5.41) is 3.00. The summed E-state index contributed by atoms with van der Waals surface area (Å²) in [5.41, 5.74) is 4.45. The van der Waals surface area contributed by atoms with E-state index >= 15 is 0 Å². The van der Waals surface area contributed by atoms with Crippen LogP contribution < -0.4 is 5.32 Å². The smallest absolute Gasteiger partial charge is 0.228 e. The number of aryl methyl sites for hydroxylation is 3. The minimum atomic E-state index is -3.58. The lowest BCUT2D eigenvalue weighted by Gasteiger charge is -2.31. The Morgan fingerprint density at radius 3 is 2.38 bits per heavy atom. The maximum Gasteiger partial charge on any atom is 0.228 e. The van der Waals surface area contributed by atoms with Gasteiger partial charge in [-0.3, -0.25) is 4.79 Å². The monoisotopic (exact) mass is 418 g/mol. The molecule has 0 aromatic heterocycles. The zero-order chi connectivity index (χ0) is 21.2. The topological polar surface area (TPSA) is 66.5 Å². The molecule has 1 heterocycles. The second-order valence-electron chi connectivity index (χ2n) is 7.84. The van der Waals surface area contributed by atoms with Crippen LogP contribution in [0, 0.1) is 32.5 Å². The molecule has 2 aromatic carbocycles. The van der Waals surface area contributed by atoms with Gasteiger partial charge in [-0.05, 0) is 62.4 Å². The van der Waals surface area contributed by atoms with Crippen LogP contribution in [-0.4, -0.2) is 31.7 Å². The van der Waals surface area contributed by atoms with E-state index in [4.69, 9.17) is 0 Å². The number of piperidine rings is 1. The van der Waals surface area contributed by atoms with Gasteiger partial charge in [0.2, 0.25) is 15.9 Å². The Balaban J connectivity index is 1.69. The van der Waals surface area contributed by atoms with Crippen molar-refractivity contribution in [1.29, 1.82) is 0 Å². The zero-order valence-electron chi connectivity index (χ0n) is 17.0. The molecule has 0 aliphatic carbocycles. The average molecular weight is 419 g/mol. The second-order valence-corrected chi connectivity index (χ2v) is 9.81. The molecule has 1 aliphatic rings. The van der Waals surface area contributed by atoms with E-state index in [0.717, 1.165) is 22.4 Å². The maximum absolute atomic E-state index is 13.1. The summed E-state index contributed by atoms with van der Waals surface area (Å²) in [7, 11) is -3.58. The van der Waals surface area contributed by atoms with Gasteiger partial charge >= 0.3 is 0 Å². The fraction of sp³-hybridized carbons (Fsp3) is 0.409. The van der Waals surface area contributed by atoms with E-state index in [1.807, 2.05) is 32.9 Å². The summed E-state index contributed by atoms with van der Waals surface area (Å²) in [6.07, 6.45) is 1.28. The van der Waals surface area contributed by atoms with Crippen LogP contribution in [0.15, 0.2) is 36.4 Å². The first-order valence-corrected chi connectivity index (χ1v) is 11.4. The van der Waals surface area contributed by atoms with Gasteiger partial charge in [-0.15, -0.1) is 0 Å². The number of nitrogens with one attached hydrogen (secondary N) is 1. The van der Waals surface area contributed by atoms with Crippen molar-refractivity contribution in [2.45, 2.75) is 39.4 Å². The van der Waals surface area contributed by atoms with Crippen molar-refractivity contribution in [3.63, 3.8) is 0 Å². The first-order valence-electron chi connectivity index (χ1n) is 9.76.